The number of para-hydroxylation sites is 2. The second-order valence-corrected chi connectivity index (χ2v) is 13.1. The number of allylic oxidation sites excluding steroid dienone is 3. The number of benzene rings is 2. The fourth-order valence-electron chi connectivity index (χ4n) is 4.37. The number of hydrogen-bond donors (Lipinski definition) is 1. The Morgan fingerprint density at radius 1 is 1.00 bits per heavy atom. The Hall–Kier alpha value is -2.82. The number of sulfonamides is 2. The van der Waals surface area contributed by atoms with Crippen molar-refractivity contribution in [2.24, 2.45) is 5.92 Å². The van der Waals surface area contributed by atoms with Gasteiger partial charge in [0.15, 0.2) is 0 Å². The Kier molecular flexibility index (Phi) is 8.07. The zero-order valence-electron chi connectivity index (χ0n) is 20.6. The fourth-order valence-corrected chi connectivity index (χ4v) is 6.35. The van der Waals surface area contributed by atoms with Crippen molar-refractivity contribution < 1.29 is 21.6 Å². The molecule has 1 unspecified atom stereocenters. The minimum atomic E-state index is -3.92. The first-order valence-electron chi connectivity index (χ1n) is 12.1. The molecule has 194 valence electrons. The van der Waals surface area contributed by atoms with Crippen LogP contribution in [0.3, 0.4) is 0 Å². The van der Waals surface area contributed by atoms with Crippen molar-refractivity contribution in [3.8, 4) is 0 Å². The summed E-state index contributed by atoms with van der Waals surface area (Å²) >= 11 is 0. The summed E-state index contributed by atoms with van der Waals surface area (Å²) in [6.45, 7) is 2.23. The molecule has 1 atom stereocenters. The lowest BCUT2D eigenvalue weighted by Crippen LogP contribution is -2.37. The van der Waals surface area contributed by atoms with Gasteiger partial charge >= 0.3 is 0 Å². The first kappa shape index (κ1) is 26.2. The van der Waals surface area contributed by atoms with Crippen molar-refractivity contribution >= 4 is 31.4 Å². The number of rotatable bonds is 9. The molecule has 0 spiro atoms. The van der Waals surface area contributed by atoms with E-state index in [2.05, 4.69) is 21.8 Å². The maximum Gasteiger partial charge on any atom is 0.261 e. The molecular formula is C26H33N3O5S2. The van der Waals surface area contributed by atoms with Gasteiger partial charge in [-0.3, -0.25) is 4.72 Å². The van der Waals surface area contributed by atoms with Gasteiger partial charge in [-0.05, 0) is 74.2 Å². The van der Waals surface area contributed by atoms with Crippen LogP contribution in [0, 0.1) is 5.92 Å². The van der Waals surface area contributed by atoms with E-state index in [1.807, 2.05) is 18.2 Å². The van der Waals surface area contributed by atoms with Crippen LogP contribution in [0.2, 0.25) is 0 Å². The Balaban J connectivity index is 1.48. The third-order valence-corrected chi connectivity index (χ3v) is 9.58. The number of hydrogen-bond acceptors (Lipinski definition) is 6. The van der Waals surface area contributed by atoms with Crippen molar-refractivity contribution in [2.45, 2.75) is 35.5 Å². The van der Waals surface area contributed by atoms with Crippen molar-refractivity contribution in [3.05, 3.63) is 72.5 Å². The number of nitrogens with one attached hydrogen (secondary N) is 1. The van der Waals surface area contributed by atoms with Gasteiger partial charge in [-0.25, -0.2) is 21.1 Å². The van der Waals surface area contributed by atoms with Crippen molar-refractivity contribution in [2.75, 3.05) is 43.4 Å². The van der Waals surface area contributed by atoms with Crippen LogP contribution in [-0.2, 0) is 24.8 Å². The smallest absolute Gasteiger partial charge is 0.261 e. The standard InChI is InChI=1S/C26H33N3O5S2/c1-28(2)36(32,33)24-16-14-23(15-17-24)35(30,31)27-25-12-6-7-13-26(25)29-18-8-9-21(19-29)20-34-22-10-4-3-5-11-22/h4,6-7,10-17,21,27H,3,5,8-9,18-20H2,1-2H3. The quantitative estimate of drug-likeness (QED) is 0.521. The molecule has 2 aromatic carbocycles. The zero-order chi connectivity index (χ0) is 25.8. The molecule has 1 fully saturated rings. The molecule has 2 aliphatic rings. The monoisotopic (exact) mass is 531 g/mol. The van der Waals surface area contributed by atoms with E-state index in [0.717, 1.165) is 54.5 Å². The normalized spacial score (nSPS) is 18.7. The highest BCUT2D eigenvalue weighted by molar-refractivity contribution is 7.92. The minimum Gasteiger partial charge on any atom is -0.494 e. The summed E-state index contributed by atoms with van der Waals surface area (Å²) in [5, 5.41) is 0. The van der Waals surface area contributed by atoms with Crippen molar-refractivity contribution in [1.29, 1.82) is 0 Å². The average Bonchev–Trinajstić information content (AvgIpc) is 2.88. The lowest BCUT2D eigenvalue weighted by Gasteiger charge is -2.35. The molecule has 0 radical (unpaired) electrons. The Labute approximate surface area is 214 Å². The van der Waals surface area contributed by atoms with Gasteiger partial charge in [0.1, 0.15) is 5.76 Å². The Morgan fingerprint density at radius 2 is 1.72 bits per heavy atom. The second kappa shape index (κ2) is 11.1. The molecule has 1 N–H and O–H groups in total. The van der Waals surface area contributed by atoms with Crippen LogP contribution in [0.25, 0.3) is 0 Å². The van der Waals surface area contributed by atoms with Gasteiger partial charge in [-0.15, -0.1) is 0 Å². The van der Waals surface area contributed by atoms with E-state index >= 15 is 0 Å². The zero-order valence-corrected chi connectivity index (χ0v) is 22.3. The predicted molar refractivity (Wildman–Crippen MR) is 142 cm³/mol. The summed E-state index contributed by atoms with van der Waals surface area (Å²) < 4.78 is 60.7. The van der Waals surface area contributed by atoms with E-state index in [1.54, 1.807) is 12.1 Å². The van der Waals surface area contributed by atoms with E-state index in [0.29, 0.717) is 18.2 Å². The van der Waals surface area contributed by atoms with Gasteiger partial charge in [0, 0.05) is 33.1 Å². The third-order valence-electron chi connectivity index (χ3n) is 6.37. The Bertz CT molecular complexity index is 1330. The molecule has 4 rings (SSSR count). The third kappa shape index (κ3) is 6.11. The van der Waals surface area contributed by atoms with Crippen molar-refractivity contribution in [3.63, 3.8) is 0 Å². The molecule has 1 heterocycles. The van der Waals surface area contributed by atoms with Crippen LogP contribution in [0.1, 0.15) is 25.7 Å². The molecular weight excluding hydrogens is 498 g/mol. The summed E-state index contributed by atoms with van der Waals surface area (Å²) in [7, 11) is -4.70. The van der Waals surface area contributed by atoms with Crippen LogP contribution in [0.4, 0.5) is 11.4 Å². The van der Waals surface area contributed by atoms with Crippen LogP contribution in [-0.4, -0.2) is 54.9 Å². The van der Waals surface area contributed by atoms with Crippen molar-refractivity contribution in [1.82, 2.24) is 4.31 Å². The summed E-state index contributed by atoms with van der Waals surface area (Å²) in [4.78, 5) is 2.23. The summed E-state index contributed by atoms with van der Waals surface area (Å²) in [6, 6.07) is 12.6. The van der Waals surface area contributed by atoms with E-state index < -0.39 is 20.0 Å². The molecule has 36 heavy (non-hydrogen) atoms. The van der Waals surface area contributed by atoms with Gasteiger partial charge in [0.2, 0.25) is 10.0 Å². The molecule has 0 saturated carbocycles. The van der Waals surface area contributed by atoms with Gasteiger partial charge in [0.05, 0.1) is 27.8 Å². The maximum absolute atomic E-state index is 13.2. The highest BCUT2D eigenvalue weighted by atomic mass is 32.2. The van der Waals surface area contributed by atoms with Crippen LogP contribution in [0.5, 0.6) is 0 Å². The highest BCUT2D eigenvalue weighted by Crippen LogP contribution is 2.32. The van der Waals surface area contributed by atoms with Gasteiger partial charge in [0.25, 0.3) is 10.0 Å². The van der Waals surface area contributed by atoms with Gasteiger partial charge < -0.3 is 9.64 Å². The van der Waals surface area contributed by atoms with Gasteiger partial charge in [-0.2, -0.15) is 0 Å². The first-order valence-corrected chi connectivity index (χ1v) is 15.0. The number of anilines is 2. The lowest BCUT2D eigenvalue weighted by molar-refractivity contribution is 0.162. The number of piperidine rings is 1. The van der Waals surface area contributed by atoms with E-state index in [-0.39, 0.29) is 9.79 Å². The summed E-state index contributed by atoms with van der Waals surface area (Å²) in [5.74, 6) is 1.27. The maximum atomic E-state index is 13.2. The van der Waals surface area contributed by atoms with E-state index in [1.165, 1.54) is 38.4 Å². The largest absolute Gasteiger partial charge is 0.494 e. The van der Waals surface area contributed by atoms with E-state index in [4.69, 9.17) is 4.74 Å². The van der Waals surface area contributed by atoms with E-state index in [9.17, 15) is 16.8 Å². The molecule has 0 bridgehead atoms. The predicted octanol–water partition coefficient (Wildman–Crippen LogP) is 4.20. The molecule has 2 aromatic rings. The topological polar surface area (TPSA) is 96.0 Å². The molecule has 0 aromatic heterocycles. The summed E-state index contributed by atoms with van der Waals surface area (Å²) in [5.41, 5.74) is 1.30. The van der Waals surface area contributed by atoms with Crippen LogP contribution < -0.4 is 9.62 Å². The molecule has 1 aliphatic heterocycles. The van der Waals surface area contributed by atoms with Crippen LogP contribution in [0.15, 0.2) is 82.3 Å². The summed E-state index contributed by atoms with van der Waals surface area (Å²) in [6.07, 6.45) is 10.4. The highest BCUT2D eigenvalue weighted by Gasteiger charge is 2.25. The molecule has 1 aliphatic carbocycles. The molecule has 0 amide bonds. The van der Waals surface area contributed by atoms with Gasteiger partial charge in [-0.1, -0.05) is 18.2 Å². The molecule has 10 heteroatoms. The lowest BCUT2D eigenvalue weighted by atomic mass is 9.98. The molecule has 1 saturated heterocycles. The fraction of sp³-hybridized carbons (Fsp3) is 0.385. The Morgan fingerprint density at radius 3 is 2.42 bits per heavy atom. The first-order chi connectivity index (χ1) is 17.2. The SMILES string of the molecule is CN(C)S(=O)(=O)c1ccc(S(=O)(=O)Nc2ccccc2N2CCCC(COC3=CCCC=C3)C2)cc1. The minimum absolute atomic E-state index is 0.00580. The van der Waals surface area contributed by atoms with Crippen LogP contribution >= 0.6 is 0 Å². The second-order valence-electron chi connectivity index (χ2n) is 9.23. The average molecular weight is 532 g/mol. The number of ether oxygens (including phenoxy) is 1. The number of nitrogens with zero attached hydrogens (tertiary/aromatic N) is 2. The molecule has 8 nitrogen and oxygen atoms in total.